The van der Waals surface area contributed by atoms with Gasteiger partial charge in [0.2, 0.25) is 0 Å². The monoisotopic (exact) mass is 252 g/mol. The zero-order valence-electron chi connectivity index (χ0n) is 10.1. The van der Waals surface area contributed by atoms with Gasteiger partial charge in [0, 0.05) is 30.3 Å². The Balaban J connectivity index is 1.88. The minimum atomic E-state index is 0.269. The first-order valence-electron chi connectivity index (χ1n) is 6.64. The second-order valence-electron chi connectivity index (χ2n) is 5.10. The van der Waals surface area contributed by atoms with E-state index in [1.807, 2.05) is 6.20 Å². The fraction of sp³-hybridized carbons (Fsp3) is 0.769. The maximum atomic E-state index is 9.41. The Labute approximate surface area is 107 Å². The minimum absolute atomic E-state index is 0.269. The summed E-state index contributed by atoms with van der Waals surface area (Å²) in [5.74, 6) is 4.82. The van der Waals surface area contributed by atoms with Crippen molar-refractivity contribution >= 4 is 11.8 Å². The Bertz CT molecular complexity index is 385. The summed E-state index contributed by atoms with van der Waals surface area (Å²) in [5.41, 5.74) is 1.27. The molecule has 0 amide bonds. The van der Waals surface area contributed by atoms with Crippen molar-refractivity contribution in [2.24, 2.45) is 0 Å². The lowest BCUT2D eigenvalue weighted by Crippen LogP contribution is -2.21. The summed E-state index contributed by atoms with van der Waals surface area (Å²) in [7, 11) is 0. The number of imidazole rings is 1. The van der Waals surface area contributed by atoms with E-state index in [0.717, 1.165) is 13.0 Å². The van der Waals surface area contributed by atoms with E-state index >= 15 is 0 Å². The SMILES string of the molecule is OCC1CCCn2c1cnc2C1CCSCC1. The average molecular weight is 252 g/mol. The molecule has 1 aromatic rings. The molecule has 1 atom stereocenters. The molecule has 1 N–H and O–H groups in total. The molecular weight excluding hydrogens is 232 g/mol. The third kappa shape index (κ3) is 2.13. The van der Waals surface area contributed by atoms with E-state index in [9.17, 15) is 5.11 Å². The van der Waals surface area contributed by atoms with Gasteiger partial charge in [0.05, 0.1) is 6.61 Å². The van der Waals surface area contributed by atoms with Gasteiger partial charge < -0.3 is 9.67 Å². The number of hydrogen-bond donors (Lipinski definition) is 1. The third-order valence-corrected chi connectivity index (χ3v) is 5.13. The number of fused-ring (bicyclic) bond motifs is 1. The molecule has 0 aromatic carbocycles. The van der Waals surface area contributed by atoms with Crippen LogP contribution in [-0.4, -0.2) is 32.8 Å². The molecule has 0 saturated carbocycles. The fourth-order valence-electron chi connectivity index (χ4n) is 3.08. The van der Waals surface area contributed by atoms with E-state index in [-0.39, 0.29) is 6.61 Å². The lowest BCUT2D eigenvalue weighted by molar-refractivity contribution is 0.239. The first-order chi connectivity index (χ1) is 8.40. The average Bonchev–Trinajstić information content (AvgIpc) is 2.83. The van der Waals surface area contributed by atoms with Crippen molar-refractivity contribution in [2.45, 2.75) is 44.1 Å². The van der Waals surface area contributed by atoms with Crippen LogP contribution in [0.3, 0.4) is 0 Å². The summed E-state index contributed by atoms with van der Waals surface area (Å²) in [6.45, 7) is 1.37. The molecule has 4 heteroatoms. The van der Waals surface area contributed by atoms with Gasteiger partial charge in [-0.3, -0.25) is 0 Å². The highest BCUT2D eigenvalue weighted by Gasteiger charge is 2.27. The second kappa shape index (κ2) is 5.02. The normalized spacial score (nSPS) is 25.8. The highest BCUT2D eigenvalue weighted by atomic mass is 32.2. The highest BCUT2D eigenvalue weighted by molar-refractivity contribution is 7.99. The van der Waals surface area contributed by atoms with Crippen LogP contribution in [-0.2, 0) is 6.54 Å². The van der Waals surface area contributed by atoms with Gasteiger partial charge in [0.1, 0.15) is 5.82 Å². The van der Waals surface area contributed by atoms with E-state index in [4.69, 9.17) is 0 Å². The molecule has 0 radical (unpaired) electrons. The summed E-state index contributed by atoms with van der Waals surface area (Å²) in [6.07, 6.45) is 6.85. The summed E-state index contributed by atoms with van der Waals surface area (Å²) in [4.78, 5) is 4.66. The summed E-state index contributed by atoms with van der Waals surface area (Å²) in [6, 6.07) is 0. The summed E-state index contributed by atoms with van der Waals surface area (Å²) < 4.78 is 2.39. The third-order valence-electron chi connectivity index (χ3n) is 4.08. The zero-order chi connectivity index (χ0) is 11.7. The number of thioether (sulfide) groups is 1. The molecule has 2 aliphatic rings. The molecule has 0 aliphatic carbocycles. The van der Waals surface area contributed by atoms with Crippen LogP contribution in [0, 0.1) is 0 Å². The summed E-state index contributed by atoms with van der Waals surface area (Å²) in [5, 5.41) is 9.41. The second-order valence-corrected chi connectivity index (χ2v) is 6.33. The Morgan fingerprint density at radius 2 is 2.18 bits per heavy atom. The molecule has 1 fully saturated rings. The largest absolute Gasteiger partial charge is 0.396 e. The topological polar surface area (TPSA) is 38.0 Å². The molecular formula is C13H20N2OS. The van der Waals surface area contributed by atoms with Crippen LogP contribution in [0.15, 0.2) is 6.20 Å². The first kappa shape index (κ1) is 11.6. The Kier molecular flexibility index (Phi) is 3.43. The maximum absolute atomic E-state index is 9.41. The van der Waals surface area contributed by atoms with Crippen molar-refractivity contribution in [3.05, 3.63) is 17.7 Å². The zero-order valence-corrected chi connectivity index (χ0v) is 11.0. The molecule has 1 unspecified atom stereocenters. The fourth-order valence-corrected chi connectivity index (χ4v) is 4.19. The van der Waals surface area contributed by atoms with Crippen molar-refractivity contribution in [3.8, 4) is 0 Å². The first-order valence-corrected chi connectivity index (χ1v) is 7.79. The molecule has 17 heavy (non-hydrogen) atoms. The number of aliphatic hydroxyl groups is 1. The van der Waals surface area contributed by atoms with Gasteiger partial charge >= 0.3 is 0 Å². The van der Waals surface area contributed by atoms with E-state index in [1.165, 1.54) is 42.3 Å². The van der Waals surface area contributed by atoms with Gasteiger partial charge in [0.25, 0.3) is 0 Å². The molecule has 1 saturated heterocycles. The van der Waals surface area contributed by atoms with Crippen LogP contribution >= 0.6 is 11.8 Å². The van der Waals surface area contributed by atoms with Gasteiger partial charge in [0.15, 0.2) is 0 Å². The molecule has 3 rings (SSSR count). The predicted molar refractivity (Wildman–Crippen MR) is 70.6 cm³/mol. The smallest absolute Gasteiger partial charge is 0.112 e. The quantitative estimate of drug-likeness (QED) is 0.878. The lowest BCUT2D eigenvalue weighted by Gasteiger charge is -2.27. The van der Waals surface area contributed by atoms with Crippen molar-refractivity contribution in [1.82, 2.24) is 9.55 Å². The van der Waals surface area contributed by atoms with Crippen LogP contribution in [0.1, 0.15) is 49.0 Å². The Morgan fingerprint density at radius 3 is 2.94 bits per heavy atom. The van der Waals surface area contributed by atoms with E-state index in [1.54, 1.807) is 0 Å². The van der Waals surface area contributed by atoms with Crippen LogP contribution in [0.4, 0.5) is 0 Å². The maximum Gasteiger partial charge on any atom is 0.112 e. The van der Waals surface area contributed by atoms with Crippen LogP contribution < -0.4 is 0 Å². The molecule has 2 aliphatic heterocycles. The molecule has 1 aromatic heterocycles. The Hall–Kier alpha value is -0.480. The van der Waals surface area contributed by atoms with Gasteiger partial charge in [-0.1, -0.05) is 0 Å². The number of hydrogen-bond acceptors (Lipinski definition) is 3. The van der Waals surface area contributed by atoms with E-state index in [0.29, 0.717) is 11.8 Å². The molecule has 3 heterocycles. The highest BCUT2D eigenvalue weighted by Crippen LogP contribution is 2.35. The van der Waals surface area contributed by atoms with E-state index < -0.39 is 0 Å². The van der Waals surface area contributed by atoms with Gasteiger partial charge in [-0.25, -0.2) is 4.98 Å². The number of nitrogens with zero attached hydrogens (tertiary/aromatic N) is 2. The van der Waals surface area contributed by atoms with Crippen molar-refractivity contribution in [3.63, 3.8) is 0 Å². The number of aliphatic hydroxyl groups excluding tert-OH is 1. The van der Waals surface area contributed by atoms with Crippen molar-refractivity contribution in [2.75, 3.05) is 18.1 Å². The Morgan fingerprint density at radius 1 is 1.35 bits per heavy atom. The van der Waals surface area contributed by atoms with E-state index in [2.05, 4.69) is 21.3 Å². The molecule has 0 spiro atoms. The van der Waals surface area contributed by atoms with Gasteiger partial charge in [-0.2, -0.15) is 11.8 Å². The lowest BCUT2D eigenvalue weighted by atomic mass is 9.96. The number of rotatable bonds is 2. The molecule has 0 bridgehead atoms. The minimum Gasteiger partial charge on any atom is -0.396 e. The van der Waals surface area contributed by atoms with Gasteiger partial charge in [-0.05, 0) is 37.2 Å². The van der Waals surface area contributed by atoms with Crippen molar-refractivity contribution < 1.29 is 5.11 Å². The van der Waals surface area contributed by atoms with Crippen molar-refractivity contribution in [1.29, 1.82) is 0 Å². The van der Waals surface area contributed by atoms with Gasteiger partial charge in [-0.15, -0.1) is 0 Å². The van der Waals surface area contributed by atoms with Crippen LogP contribution in [0.25, 0.3) is 0 Å². The van der Waals surface area contributed by atoms with Crippen LogP contribution in [0.5, 0.6) is 0 Å². The van der Waals surface area contributed by atoms with Crippen LogP contribution in [0.2, 0.25) is 0 Å². The standard InChI is InChI=1S/C13H20N2OS/c16-9-11-2-1-5-15-12(11)8-14-13(15)10-3-6-17-7-4-10/h8,10-11,16H,1-7,9H2. The molecule has 94 valence electrons. The number of aromatic nitrogens is 2. The molecule has 3 nitrogen and oxygen atoms in total. The summed E-state index contributed by atoms with van der Waals surface area (Å²) >= 11 is 2.06. The predicted octanol–water partition coefficient (Wildman–Crippen LogP) is 2.36.